The van der Waals surface area contributed by atoms with Gasteiger partial charge in [-0.05, 0) is 24.1 Å². The lowest BCUT2D eigenvalue weighted by atomic mass is 10.1. The van der Waals surface area contributed by atoms with Crippen molar-refractivity contribution in [3.63, 3.8) is 0 Å². The van der Waals surface area contributed by atoms with Crippen LogP contribution in [0.25, 0.3) is 0 Å². The normalized spacial score (nSPS) is 11.5. The molecule has 0 saturated heterocycles. The highest BCUT2D eigenvalue weighted by atomic mass is 35.5. The van der Waals surface area contributed by atoms with Crippen LogP contribution in [0.2, 0.25) is 5.02 Å². The Morgan fingerprint density at radius 2 is 2.00 bits per heavy atom. The lowest BCUT2D eigenvalue weighted by Crippen LogP contribution is -1.98. The number of nitrogens with zero attached hydrogens (tertiary/aromatic N) is 1. The molecule has 0 atom stereocenters. The zero-order chi connectivity index (χ0) is 9.68. The second-order valence-electron chi connectivity index (χ2n) is 2.58. The summed E-state index contributed by atoms with van der Waals surface area (Å²) < 4.78 is 0. The number of rotatable bonds is 3. The van der Waals surface area contributed by atoms with Crippen LogP contribution in [-0.2, 0) is 4.84 Å². The Balaban J connectivity index is 2.92. The summed E-state index contributed by atoms with van der Waals surface area (Å²) in [6, 6.07) is 7.56. The van der Waals surface area contributed by atoms with E-state index in [9.17, 15) is 0 Å². The van der Waals surface area contributed by atoms with E-state index in [2.05, 4.69) is 5.16 Å². The van der Waals surface area contributed by atoms with Gasteiger partial charge in [-0.25, -0.2) is 0 Å². The van der Waals surface area contributed by atoms with E-state index in [-0.39, 0.29) is 0 Å². The largest absolute Gasteiger partial charge is 0.399 e. The van der Waals surface area contributed by atoms with Gasteiger partial charge in [0.05, 0.1) is 5.71 Å². The van der Waals surface area contributed by atoms with Crippen molar-refractivity contribution in [3.05, 3.63) is 34.9 Å². The van der Waals surface area contributed by atoms with Gasteiger partial charge in [-0.3, -0.25) is 0 Å². The molecule has 0 bridgehead atoms. The molecule has 70 valence electrons. The molecule has 0 aliphatic carbocycles. The highest BCUT2D eigenvalue weighted by Crippen LogP contribution is 2.11. The van der Waals surface area contributed by atoms with Crippen LogP contribution in [0.15, 0.2) is 29.4 Å². The van der Waals surface area contributed by atoms with Gasteiger partial charge in [-0.2, -0.15) is 0 Å². The van der Waals surface area contributed by atoms with E-state index in [4.69, 9.17) is 16.4 Å². The maximum atomic E-state index is 5.77. The molecule has 0 spiro atoms. The molecule has 1 aromatic rings. The molecule has 1 rings (SSSR count). The molecular formula is C10H12ClNO. The number of hydrogen-bond donors (Lipinski definition) is 0. The van der Waals surface area contributed by atoms with E-state index < -0.39 is 0 Å². The van der Waals surface area contributed by atoms with Gasteiger partial charge in [0.1, 0.15) is 7.11 Å². The van der Waals surface area contributed by atoms with Crippen molar-refractivity contribution in [1.29, 1.82) is 0 Å². The van der Waals surface area contributed by atoms with Gasteiger partial charge in [0.2, 0.25) is 0 Å². The minimum atomic E-state index is 0.733. The fraction of sp³-hybridized carbons (Fsp3) is 0.300. The standard InChI is InChI=1S/C10H12ClNO/c1-3-10(12-13-2)8-4-6-9(11)7-5-8/h4-7H,3H2,1-2H3/b12-10+. The van der Waals surface area contributed by atoms with E-state index in [1.807, 2.05) is 31.2 Å². The molecule has 3 heteroatoms. The molecule has 0 aromatic heterocycles. The van der Waals surface area contributed by atoms with E-state index in [0.717, 1.165) is 22.7 Å². The fourth-order valence-electron chi connectivity index (χ4n) is 1.07. The van der Waals surface area contributed by atoms with Crippen LogP contribution >= 0.6 is 11.6 Å². The summed E-state index contributed by atoms with van der Waals surface area (Å²) in [6.07, 6.45) is 0.843. The number of benzene rings is 1. The smallest absolute Gasteiger partial charge is 0.106 e. The van der Waals surface area contributed by atoms with E-state index in [1.54, 1.807) is 7.11 Å². The van der Waals surface area contributed by atoms with Gasteiger partial charge in [-0.1, -0.05) is 35.8 Å². The van der Waals surface area contributed by atoms with Crippen molar-refractivity contribution in [2.75, 3.05) is 7.11 Å². The van der Waals surface area contributed by atoms with Gasteiger partial charge in [0, 0.05) is 5.02 Å². The molecule has 0 N–H and O–H groups in total. The van der Waals surface area contributed by atoms with Gasteiger partial charge >= 0.3 is 0 Å². The predicted molar refractivity (Wildman–Crippen MR) is 55.3 cm³/mol. The Morgan fingerprint density at radius 3 is 2.46 bits per heavy atom. The molecule has 0 unspecified atom stereocenters. The van der Waals surface area contributed by atoms with Crippen molar-refractivity contribution in [2.24, 2.45) is 5.16 Å². The molecule has 0 aliphatic rings. The number of oxime groups is 1. The van der Waals surface area contributed by atoms with Gasteiger partial charge < -0.3 is 4.84 Å². The average Bonchev–Trinajstić information content (AvgIpc) is 2.16. The first-order valence-corrected chi connectivity index (χ1v) is 4.51. The first-order valence-electron chi connectivity index (χ1n) is 4.14. The third-order valence-corrected chi connectivity index (χ3v) is 1.97. The molecular weight excluding hydrogens is 186 g/mol. The Morgan fingerprint density at radius 1 is 1.38 bits per heavy atom. The van der Waals surface area contributed by atoms with Crippen molar-refractivity contribution in [3.8, 4) is 0 Å². The van der Waals surface area contributed by atoms with Crippen LogP contribution in [0.4, 0.5) is 0 Å². The van der Waals surface area contributed by atoms with E-state index in [1.165, 1.54) is 0 Å². The summed E-state index contributed by atoms with van der Waals surface area (Å²) in [6.45, 7) is 2.03. The van der Waals surface area contributed by atoms with Crippen LogP contribution in [0.1, 0.15) is 18.9 Å². The minimum Gasteiger partial charge on any atom is -0.399 e. The minimum absolute atomic E-state index is 0.733. The molecule has 0 radical (unpaired) electrons. The monoisotopic (exact) mass is 197 g/mol. The molecule has 1 aromatic carbocycles. The summed E-state index contributed by atoms with van der Waals surface area (Å²) in [5, 5.41) is 4.65. The summed E-state index contributed by atoms with van der Waals surface area (Å²) in [4.78, 5) is 4.73. The predicted octanol–water partition coefficient (Wildman–Crippen LogP) is 3.10. The molecule has 0 saturated carbocycles. The molecule has 13 heavy (non-hydrogen) atoms. The Hall–Kier alpha value is -1.02. The fourth-order valence-corrected chi connectivity index (χ4v) is 1.20. The number of hydrogen-bond acceptors (Lipinski definition) is 2. The SMILES string of the molecule is CC/C(=N\OC)c1ccc(Cl)cc1. The Kier molecular flexibility index (Phi) is 3.77. The summed E-state index contributed by atoms with van der Waals surface area (Å²) in [7, 11) is 1.55. The number of halogens is 1. The van der Waals surface area contributed by atoms with Crippen LogP contribution in [-0.4, -0.2) is 12.8 Å². The summed E-state index contributed by atoms with van der Waals surface area (Å²) in [5.74, 6) is 0. The average molecular weight is 198 g/mol. The van der Waals surface area contributed by atoms with Crippen molar-refractivity contribution in [2.45, 2.75) is 13.3 Å². The molecule has 0 fully saturated rings. The third-order valence-electron chi connectivity index (χ3n) is 1.71. The lowest BCUT2D eigenvalue weighted by molar-refractivity contribution is 0.213. The van der Waals surface area contributed by atoms with Crippen LogP contribution in [0, 0.1) is 0 Å². The molecule has 0 heterocycles. The maximum absolute atomic E-state index is 5.77. The summed E-state index contributed by atoms with van der Waals surface area (Å²) in [5.41, 5.74) is 1.98. The van der Waals surface area contributed by atoms with Crippen LogP contribution in [0.3, 0.4) is 0 Å². The molecule has 0 aliphatic heterocycles. The highest BCUT2D eigenvalue weighted by Gasteiger charge is 2.00. The first-order chi connectivity index (χ1) is 6.27. The van der Waals surface area contributed by atoms with Crippen LogP contribution < -0.4 is 0 Å². The zero-order valence-electron chi connectivity index (χ0n) is 7.75. The van der Waals surface area contributed by atoms with Gasteiger partial charge in [0.25, 0.3) is 0 Å². The maximum Gasteiger partial charge on any atom is 0.106 e. The highest BCUT2D eigenvalue weighted by molar-refractivity contribution is 6.30. The Bertz CT molecular complexity index is 292. The molecule has 0 amide bonds. The van der Waals surface area contributed by atoms with Gasteiger partial charge in [-0.15, -0.1) is 0 Å². The molecule has 2 nitrogen and oxygen atoms in total. The van der Waals surface area contributed by atoms with E-state index >= 15 is 0 Å². The quantitative estimate of drug-likeness (QED) is 0.539. The Labute approximate surface area is 83.2 Å². The first kappa shape index (κ1) is 10.1. The van der Waals surface area contributed by atoms with Gasteiger partial charge in [0.15, 0.2) is 0 Å². The van der Waals surface area contributed by atoms with E-state index in [0.29, 0.717) is 0 Å². The zero-order valence-corrected chi connectivity index (χ0v) is 8.51. The third kappa shape index (κ3) is 2.74. The van der Waals surface area contributed by atoms with Crippen molar-refractivity contribution < 1.29 is 4.84 Å². The van der Waals surface area contributed by atoms with Crippen LogP contribution in [0.5, 0.6) is 0 Å². The summed E-state index contributed by atoms with van der Waals surface area (Å²) >= 11 is 5.77. The topological polar surface area (TPSA) is 21.6 Å². The lowest BCUT2D eigenvalue weighted by Gasteiger charge is -2.02. The van der Waals surface area contributed by atoms with Crippen molar-refractivity contribution in [1.82, 2.24) is 0 Å². The van der Waals surface area contributed by atoms with Crippen molar-refractivity contribution >= 4 is 17.3 Å². The second kappa shape index (κ2) is 4.87. The second-order valence-corrected chi connectivity index (χ2v) is 3.02.